The van der Waals surface area contributed by atoms with Gasteiger partial charge in [-0.2, -0.15) is 5.26 Å². The SMILES string of the molecule is COc1ccc(-c2cncc(C#N)c2)c(CNC2CC2)c1. The third-order valence-electron chi connectivity index (χ3n) is 3.65. The Morgan fingerprint density at radius 1 is 1.33 bits per heavy atom. The van der Waals surface area contributed by atoms with Crippen molar-refractivity contribution in [3.63, 3.8) is 0 Å². The maximum absolute atomic E-state index is 9.02. The van der Waals surface area contributed by atoms with Gasteiger partial charge in [0.15, 0.2) is 0 Å². The standard InChI is InChI=1S/C17H17N3O/c1-21-16-4-5-17(13-6-12(8-18)9-19-10-13)14(7-16)11-20-15-2-3-15/h4-7,9-10,15,20H,2-3,11H2,1H3. The Hall–Kier alpha value is -2.38. The predicted octanol–water partition coefficient (Wildman–Crippen LogP) is 2.88. The second kappa shape index (κ2) is 5.94. The van der Waals surface area contributed by atoms with E-state index in [9.17, 15) is 0 Å². The van der Waals surface area contributed by atoms with Gasteiger partial charge in [-0.3, -0.25) is 4.98 Å². The average Bonchev–Trinajstić information content (AvgIpc) is 3.37. The van der Waals surface area contributed by atoms with E-state index in [4.69, 9.17) is 10.00 Å². The summed E-state index contributed by atoms with van der Waals surface area (Å²) in [5.41, 5.74) is 3.79. The monoisotopic (exact) mass is 279 g/mol. The highest BCUT2D eigenvalue weighted by Gasteiger charge is 2.20. The largest absolute Gasteiger partial charge is 0.497 e. The molecule has 0 atom stereocenters. The average molecular weight is 279 g/mol. The maximum Gasteiger partial charge on any atom is 0.119 e. The Bertz CT molecular complexity index is 687. The molecule has 1 saturated carbocycles. The van der Waals surface area contributed by atoms with Crippen molar-refractivity contribution in [2.75, 3.05) is 7.11 Å². The molecule has 1 aromatic carbocycles. The summed E-state index contributed by atoms with van der Waals surface area (Å²) < 4.78 is 5.32. The number of methoxy groups -OCH3 is 1. The lowest BCUT2D eigenvalue weighted by Gasteiger charge is -2.12. The number of pyridine rings is 1. The highest BCUT2D eigenvalue weighted by atomic mass is 16.5. The number of nitriles is 1. The summed E-state index contributed by atoms with van der Waals surface area (Å²) >= 11 is 0. The van der Waals surface area contributed by atoms with Crippen LogP contribution in [-0.2, 0) is 6.54 Å². The summed E-state index contributed by atoms with van der Waals surface area (Å²) in [6.45, 7) is 0.800. The van der Waals surface area contributed by atoms with Gasteiger partial charge in [-0.1, -0.05) is 6.07 Å². The molecule has 1 aliphatic carbocycles. The summed E-state index contributed by atoms with van der Waals surface area (Å²) in [4.78, 5) is 4.15. The van der Waals surface area contributed by atoms with Gasteiger partial charge in [-0.05, 0) is 42.2 Å². The Labute approximate surface area is 124 Å². The Balaban J connectivity index is 1.96. The topological polar surface area (TPSA) is 57.9 Å². The van der Waals surface area contributed by atoms with Crippen molar-refractivity contribution in [2.45, 2.75) is 25.4 Å². The molecule has 1 heterocycles. The fourth-order valence-corrected chi connectivity index (χ4v) is 2.32. The van der Waals surface area contributed by atoms with Crippen LogP contribution in [0.25, 0.3) is 11.1 Å². The van der Waals surface area contributed by atoms with Gasteiger partial charge in [0, 0.05) is 30.5 Å². The van der Waals surface area contributed by atoms with Gasteiger partial charge in [0.25, 0.3) is 0 Å². The molecular weight excluding hydrogens is 262 g/mol. The van der Waals surface area contributed by atoms with E-state index in [1.165, 1.54) is 12.8 Å². The molecule has 3 rings (SSSR count). The second-order valence-electron chi connectivity index (χ2n) is 5.25. The number of hydrogen-bond donors (Lipinski definition) is 1. The number of benzene rings is 1. The summed E-state index contributed by atoms with van der Waals surface area (Å²) in [5.74, 6) is 0.843. The number of nitrogens with zero attached hydrogens (tertiary/aromatic N) is 2. The van der Waals surface area contributed by atoms with E-state index in [1.807, 2.05) is 24.3 Å². The second-order valence-corrected chi connectivity index (χ2v) is 5.25. The summed E-state index contributed by atoms with van der Waals surface area (Å²) in [5, 5.41) is 12.5. The van der Waals surface area contributed by atoms with Gasteiger partial charge in [-0.15, -0.1) is 0 Å². The van der Waals surface area contributed by atoms with Gasteiger partial charge in [0.05, 0.1) is 12.7 Å². The fraction of sp³-hybridized carbons (Fsp3) is 0.294. The van der Waals surface area contributed by atoms with Crippen LogP contribution in [0.1, 0.15) is 24.0 Å². The number of nitrogens with one attached hydrogen (secondary N) is 1. The van der Waals surface area contributed by atoms with Crippen LogP contribution < -0.4 is 10.1 Å². The van der Waals surface area contributed by atoms with Crippen LogP contribution in [0.2, 0.25) is 0 Å². The van der Waals surface area contributed by atoms with E-state index in [0.717, 1.165) is 29.0 Å². The molecule has 1 aliphatic rings. The molecule has 1 aromatic heterocycles. The first-order chi connectivity index (χ1) is 10.3. The molecule has 1 N–H and O–H groups in total. The van der Waals surface area contributed by atoms with Crippen molar-refractivity contribution in [1.82, 2.24) is 10.3 Å². The third kappa shape index (κ3) is 3.21. The normalized spacial score (nSPS) is 13.7. The maximum atomic E-state index is 9.02. The first-order valence-corrected chi connectivity index (χ1v) is 7.06. The number of aromatic nitrogens is 1. The van der Waals surface area contributed by atoms with Crippen molar-refractivity contribution in [2.24, 2.45) is 0 Å². The van der Waals surface area contributed by atoms with Crippen molar-refractivity contribution in [3.05, 3.63) is 47.8 Å². The zero-order chi connectivity index (χ0) is 14.7. The molecule has 0 saturated heterocycles. The summed E-state index contributed by atoms with van der Waals surface area (Å²) in [6.07, 6.45) is 5.88. The highest BCUT2D eigenvalue weighted by molar-refractivity contribution is 5.68. The number of rotatable bonds is 5. The summed E-state index contributed by atoms with van der Waals surface area (Å²) in [7, 11) is 1.67. The molecule has 0 amide bonds. The van der Waals surface area contributed by atoms with Gasteiger partial charge < -0.3 is 10.1 Å². The minimum atomic E-state index is 0.574. The number of hydrogen-bond acceptors (Lipinski definition) is 4. The lowest BCUT2D eigenvalue weighted by molar-refractivity contribution is 0.414. The van der Waals surface area contributed by atoms with Crippen LogP contribution in [0.15, 0.2) is 36.7 Å². The quantitative estimate of drug-likeness (QED) is 0.914. The molecule has 0 radical (unpaired) electrons. The van der Waals surface area contributed by atoms with Gasteiger partial charge in [0.2, 0.25) is 0 Å². The van der Waals surface area contributed by atoms with Gasteiger partial charge in [0.1, 0.15) is 11.8 Å². The molecule has 106 valence electrons. The Morgan fingerprint density at radius 2 is 2.19 bits per heavy atom. The molecular formula is C17H17N3O. The molecule has 1 fully saturated rings. The number of ether oxygens (including phenoxy) is 1. The van der Waals surface area contributed by atoms with Crippen molar-refractivity contribution >= 4 is 0 Å². The highest BCUT2D eigenvalue weighted by Crippen LogP contribution is 2.28. The minimum absolute atomic E-state index is 0.574. The lowest BCUT2D eigenvalue weighted by atomic mass is 9.99. The van der Waals surface area contributed by atoms with Crippen molar-refractivity contribution < 1.29 is 4.74 Å². The van der Waals surface area contributed by atoms with Crippen LogP contribution in [0.5, 0.6) is 5.75 Å². The van der Waals surface area contributed by atoms with Crippen molar-refractivity contribution in [3.8, 4) is 22.9 Å². The van der Waals surface area contributed by atoms with E-state index in [0.29, 0.717) is 11.6 Å². The third-order valence-corrected chi connectivity index (χ3v) is 3.65. The molecule has 21 heavy (non-hydrogen) atoms. The van der Waals surface area contributed by atoms with E-state index in [-0.39, 0.29) is 0 Å². The molecule has 0 bridgehead atoms. The van der Waals surface area contributed by atoms with Crippen LogP contribution in [-0.4, -0.2) is 18.1 Å². The van der Waals surface area contributed by atoms with Gasteiger partial charge >= 0.3 is 0 Å². The Kier molecular flexibility index (Phi) is 3.85. The molecule has 4 heteroatoms. The smallest absolute Gasteiger partial charge is 0.119 e. The minimum Gasteiger partial charge on any atom is -0.497 e. The fourth-order valence-electron chi connectivity index (χ4n) is 2.32. The Morgan fingerprint density at radius 3 is 2.90 bits per heavy atom. The van der Waals surface area contributed by atoms with E-state index in [1.54, 1.807) is 19.5 Å². The molecule has 0 spiro atoms. The van der Waals surface area contributed by atoms with Crippen LogP contribution in [0, 0.1) is 11.3 Å². The first kappa shape index (κ1) is 13.6. The van der Waals surface area contributed by atoms with Crippen LogP contribution in [0.3, 0.4) is 0 Å². The van der Waals surface area contributed by atoms with E-state index < -0.39 is 0 Å². The van der Waals surface area contributed by atoms with Crippen LogP contribution >= 0.6 is 0 Å². The molecule has 0 unspecified atom stereocenters. The predicted molar refractivity (Wildman–Crippen MR) is 80.8 cm³/mol. The zero-order valence-corrected chi connectivity index (χ0v) is 12.0. The molecule has 4 nitrogen and oxygen atoms in total. The van der Waals surface area contributed by atoms with E-state index in [2.05, 4.69) is 16.4 Å². The summed E-state index contributed by atoms with van der Waals surface area (Å²) in [6, 6.07) is 10.7. The lowest BCUT2D eigenvalue weighted by Crippen LogP contribution is -2.16. The zero-order valence-electron chi connectivity index (χ0n) is 12.0. The molecule has 2 aromatic rings. The van der Waals surface area contributed by atoms with Crippen molar-refractivity contribution in [1.29, 1.82) is 5.26 Å². The van der Waals surface area contributed by atoms with Gasteiger partial charge in [-0.25, -0.2) is 0 Å². The molecule has 0 aliphatic heterocycles. The van der Waals surface area contributed by atoms with E-state index >= 15 is 0 Å². The first-order valence-electron chi connectivity index (χ1n) is 7.06. The van der Waals surface area contributed by atoms with Crippen LogP contribution in [0.4, 0.5) is 0 Å².